The molecule has 0 saturated heterocycles. The first-order valence-corrected chi connectivity index (χ1v) is 13.1. The van der Waals surface area contributed by atoms with Gasteiger partial charge >= 0.3 is 182 Å². The molecule has 0 spiro atoms. The van der Waals surface area contributed by atoms with Crippen LogP contribution < -0.4 is 20.7 Å². The van der Waals surface area contributed by atoms with Gasteiger partial charge in [-0.2, -0.15) is 0 Å². The fourth-order valence-electron chi connectivity index (χ4n) is 4.09. The van der Waals surface area contributed by atoms with Crippen LogP contribution in [0.5, 0.6) is 5.75 Å². The number of hydrogen-bond donors (Lipinski definition) is 0. The summed E-state index contributed by atoms with van der Waals surface area (Å²) in [6.07, 6.45) is 0.492. The van der Waals surface area contributed by atoms with Crippen LogP contribution in [0, 0.1) is 5.82 Å². The van der Waals surface area contributed by atoms with Gasteiger partial charge in [-0.1, -0.05) is 0 Å². The topological polar surface area (TPSA) is 9.23 Å². The third-order valence-corrected chi connectivity index (χ3v) is 12.8. The van der Waals surface area contributed by atoms with Crippen molar-refractivity contribution < 1.29 is 9.13 Å². The van der Waals surface area contributed by atoms with E-state index in [1.165, 1.54) is 13.2 Å². The van der Waals surface area contributed by atoms with Gasteiger partial charge in [0.2, 0.25) is 0 Å². The quantitative estimate of drug-likeness (QED) is 0.336. The molecule has 0 bridgehead atoms. The van der Waals surface area contributed by atoms with Gasteiger partial charge in [0.15, 0.2) is 0 Å². The zero-order valence-electron chi connectivity index (χ0n) is 16.7. The van der Waals surface area contributed by atoms with Crippen LogP contribution >= 0.6 is 17.2 Å². The molecular formula is C26H23ClFOP. The predicted molar refractivity (Wildman–Crippen MR) is 128 cm³/mol. The number of benzene rings is 4. The molecule has 152 valence electrons. The molecule has 0 radical (unpaired) electrons. The van der Waals surface area contributed by atoms with Crippen molar-refractivity contribution in [3.05, 3.63) is 121 Å². The Kier molecular flexibility index (Phi) is 5.64. The van der Waals surface area contributed by atoms with E-state index in [1.807, 2.05) is 60.7 Å². The Balaban J connectivity index is 2.05. The van der Waals surface area contributed by atoms with Crippen molar-refractivity contribution in [3.8, 4) is 5.75 Å². The van der Waals surface area contributed by atoms with Crippen molar-refractivity contribution >= 4 is 33.1 Å². The molecule has 0 saturated carbocycles. The number of rotatable bonds is 6. The Labute approximate surface area is 181 Å². The first-order chi connectivity index (χ1) is 14.6. The Morgan fingerprint density at radius 1 is 0.700 bits per heavy atom. The van der Waals surface area contributed by atoms with Crippen molar-refractivity contribution in [1.82, 2.24) is 0 Å². The molecule has 0 aliphatic rings. The number of ether oxygens (including phenoxy) is 1. The van der Waals surface area contributed by atoms with Crippen LogP contribution in [-0.4, -0.2) is 7.11 Å². The van der Waals surface area contributed by atoms with Crippen LogP contribution in [-0.2, 0) is 6.16 Å². The molecule has 0 N–H and O–H groups in total. The fourth-order valence-corrected chi connectivity index (χ4v) is 10.2. The van der Waals surface area contributed by atoms with Gasteiger partial charge in [-0.15, -0.1) is 0 Å². The molecule has 0 fully saturated rings. The third kappa shape index (κ3) is 3.41. The number of methoxy groups -OCH3 is 1. The van der Waals surface area contributed by atoms with Gasteiger partial charge in [0.1, 0.15) is 0 Å². The Bertz CT molecular complexity index is 1030. The maximum absolute atomic E-state index is 14.6. The second kappa shape index (κ2) is 8.22. The predicted octanol–water partition coefficient (Wildman–Crippen LogP) is 6.02. The molecule has 0 atom stereocenters. The van der Waals surface area contributed by atoms with Crippen LogP contribution in [0.2, 0.25) is 0 Å². The van der Waals surface area contributed by atoms with Gasteiger partial charge in [-0.05, 0) is 0 Å². The number of halogens is 2. The molecular weight excluding hydrogens is 414 g/mol. The summed E-state index contributed by atoms with van der Waals surface area (Å²) < 4.78 is 19.7. The zero-order valence-corrected chi connectivity index (χ0v) is 18.4. The fraction of sp³-hybridized carbons (Fsp3) is 0.0769. The van der Waals surface area contributed by atoms with Crippen molar-refractivity contribution in [2.24, 2.45) is 0 Å². The van der Waals surface area contributed by atoms with Gasteiger partial charge in [-0.3, -0.25) is 0 Å². The minimum atomic E-state index is -3.47. The van der Waals surface area contributed by atoms with Crippen LogP contribution in [0.15, 0.2) is 109 Å². The summed E-state index contributed by atoms with van der Waals surface area (Å²) in [4.78, 5) is 0. The van der Waals surface area contributed by atoms with Crippen LogP contribution in [0.1, 0.15) is 5.56 Å². The molecule has 0 heterocycles. The second-order valence-corrected chi connectivity index (χ2v) is 13.8. The van der Waals surface area contributed by atoms with Crippen molar-refractivity contribution in [2.75, 3.05) is 7.11 Å². The van der Waals surface area contributed by atoms with E-state index < -0.39 is 5.96 Å². The molecule has 0 aliphatic heterocycles. The minimum absolute atomic E-state index is 0.229. The van der Waals surface area contributed by atoms with Crippen LogP contribution in [0.4, 0.5) is 4.39 Å². The van der Waals surface area contributed by atoms with Gasteiger partial charge in [0, 0.05) is 0 Å². The van der Waals surface area contributed by atoms with E-state index in [0.29, 0.717) is 6.16 Å². The summed E-state index contributed by atoms with van der Waals surface area (Å²) in [6.45, 7) is 0. The zero-order chi connectivity index (χ0) is 21.1. The second-order valence-electron chi connectivity index (χ2n) is 7.32. The molecule has 4 heteroatoms. The molecule has 1 nitrogen and oxygen atoms in total. The molecule has 30 heavy (non-hydrogen) atoms. The standard InChI is InChI=1S/C26H23ClFOP/c1-29-26-18-17-21(19-25(26)28)20-30(27,22-11-5-2-6-12-22,23-13-7-3-8-14-23)24-15-9-4-10-16-24/h2-19H,20H2,1H3. The SMILES string of the molecule is COc1ccc(CP(Cl)(c2ccccc2)(c2ccccc2)c2ccccc2)cc1F. The summed E-state index contributed by atoms with van der Waals surface area (Å²) in [5, 5.41) is 3.16. The molecule has 4 aromatic carbocycles. The summed E-state index contributed by atoms with van der Waals surface area (Å²) in [7, 11) is 1.47. The monoisotopic (exact) mass is 436 g/mol. The van der Waals surface area contributed by atoms with Gasteiger partial charge < -0.3 is 0 Å². The molecule has 4 rings (SSSR count). The van der Waals surface area contributed by atoms with E-state index >= 15 is 0 Å². The Morgan fingerprint density at radius 2 is 1.13 bits per heavy atom. The Hall–Kier alpha value is -2.67. The van der Waals surface area contributed by atoms with E-state index in [4.69, 9.17) is 16.0 Å². The van der Waals surface area contributed by atoms with Gasteiger partial charge in [0.05, 0.1) is 0 Å². The van der Waals surface area contributed by atoms with E-state index in [0.717, 1.165) is 21.5 Å². The maximum atomic E-state index is 14.6. The first kappa shape index (κ1) is 20.6. The number of hydrogen-bond acceptors (Lipinski definition) is 1. The van der Waals surface area contributed by atoms with Crippen LogP contribution in [0.25, 0.3) is 0 Å². The van der Waals surface area contributed by atoms with E-state index in [9.17, 15) is 4.39 Å². The first-order valence-electron chi connectivity index (χ1n) is 9.78. The molecule has 0 unspecified atom stereocenters. The molecule has 0 aromatic heterocycles. The van der Waals surface area contributed by atoms with Crippen LogP contribution in [0.3, 0.4) is 0 Å². The summed E-state index contributed by atoms with van der Waals surface area (Å²) in [5.74, 6) is -3.62. The summed E-state index contributed by atoms with van der Waals surface area (Å²) in [6, 6.07) is 35.7. The molecule has 4 aromatic rings. The van der Waals surface area contributed by atoms with E-state index in [-0.39, 0.29) is 11.6 Å². The van der Waals surface area contributed by atoms with Crippen molar-refractivity contribution in [1.29, 1.82) is 0 Å². The van der Waals surface area contributed by atoms with Crippen molar-refractivity contribution in [3.63, 3.8) is 0 Å². The summed E-state index contributed by atoms with van der Waals surface area (Å²) >= 11 is 8.01. The van der Waals surface area contributed by atoms with E-state index in [2.05, 4.69) is 36.4 Å². The van der Waals surface area contributed by atoms with Gasteiger partial charge in [-0.25, -0.2) is 0 Å². The molecule has 0 amide bonds. The average molecular weight is 437 g/mol. The van der Waals surface area contributed by atoms with Crippen molar-refractivity contribution in [2.45, 2.75) is 6.16 Å². The van der Waals surface area contributed by atoms with Gasteiger partial charge in [0.25, 0.3) is 0 Å². The average Bonchev–Trinajstić information content (AvgIpc) is 2.81. The summed E-state index contributed by atoms with van der Waals surface area (Å²) in [5.41, 5.74) is 0.831. The van der Waals surface area contributed by atoms with E-state index in [1.54, 1.807) is 6.07 Å². The third-order valence-electron chi connectivity index (χ3n) is 5.58. The Morgan fingerprint density at radius 3 is 1.50 bits per heavy atom. The molecule has 0 aliphatic carbocycles. The normalized spacial score (nSPS) is 12.7.